The highest BCUT2D eigenvalue weighted by Gasteiger charge is 2.16. The number of benzene rings is 2. The molecule has 0 radical (unpaired) electrons. The Balaban J connectivity index is 1.75. The Labute approximate surface area is 126 Å². The third-order valence-corrected chi connectivity index (χ3v) is 3.95. The minimum Gasteiger partial charge on any atom is -0.478 e. The van der Waals surface area contributed by atoms with Gasteiger partial charge in [-0.05, 0) is 36.8 Å². The van der Waals surface area contributed by atoms with E-state index >= 15 is 0 Å². The van der Waals surface area contributed by atoms with Gasteiger partial charge in [-0.1, -0.05) is 6.07 Å². The molecule has 5 heteroatoms. The molecule has 0 bridgehead atoms. The Hall–Kier alpha value is -2.82. The van der Waals surface area contributed by atoms with Crippen LogP contribution in [0.5, 0.6) is 0 Å². The van der Waals surface area contributed by atoms with Crippen LogP contribution in [0.3, 0.4) is 0 Å². The summed E-state index contributed by atoms with van der Waals surface area (Å²) in [6.45, 7) is 2.15. The Kier molecular flexibility index (Phi) is 2.85. The van der Waals surface area contributed by atoms with Crippen LogP contribution in [0.1, 0.15) is 16.8 Å². The Bertz CT molecular complexity index is 865. The number of anilines is 1. The Morgan fingerprint density at radius 3 is 2.77 bits per heavy atom. The summed E-state index contributed by atoms with van der Waals surface area (Å²) in [5.41, 5.74) is 3.53. The molecule has 1 aliphatic rings. The number of hydrogen-bond donors (Lipinski definition) is 1. The molecular formula is C17H14N2O3. The smallest absolute Gasteiger partial charge is 0.335 e. The van der Waals surface area contributed by atoms with Gasteiger partial charge in [0.25, 0.3) is 0 Å². The molecule has 0 aliphatic carbocycles. The fourth-order valence-electron chi connectivity index (χ4n) is 2.59. The number of aromatic carboxylic acids is 1. The topological polar surface area (TPSA) is 66.6 Å². The van der Waals surface area contributed by atoms with E-state index in [2.05, 4.69) is 9.88 Å². The number of nitrogens with zero attached hydrogens (tertiary/aromatic N) is 2. The van der Waals surface area contributed by atoms with Crippen LogP contribution in [0.2, 0.25) is 0 Å². The second-order valence-electron chi connectivity index (χ2n) is 5.40. The lowest BCUT2D eigenvalue weighted by molar-refractivity contribution is 0.0697. The van der Waals surface area contributed by atoms with E-state index in [4.69, 9.17) is 9.52 Å². The molecule has 0 amide bonds. The lowest BCUT2D eigenvalue weighted by Crippen LogP contribution is -2.36. The maximum Gasteiger partial charge on any atom is 0.335 e. The molecule has 3 aromatic rings. The maximum atomic E-state index is 11.1. The van der Waals surface area contributed by atoms with Crippen LogP contribution in [0.25, 0.3) is 22.6 Å². The predicted octanol–water partition coefficient (Wildman–Crippen LogP) is 3.40. The maximum absolute atomic E-state index is 11.1. The summed E-state index contributed by atoms with van der Waals surface area (Å²) in [5, 5.41) is 9.07. The van der Waals surface area contributed by atoms with Crippen LogP contribution < -0.4 is 4.90 Å². The number of carboxylic acids is 1. The van der Waals surface area contributed by atoms with Gasteiger partial charge < -0.3 is 14.4 Å². The van der Waals surface area contributed by atoms with Crippen molar-refractivity contribution in [2.75, 3.05) is 18.0 Å². The molecule has 0 atom stereocenters. The molecule has 1 saturated heterocycles. The van der Waals surface area contributed by atoms with Gasteiger partial charge in [-0.3, -0.25) is 0 Å². The zero-order valence-corrected chi connectivity index (χ0v) is 11.8. The standard InChI is InChI=1S/C17H14N2O3/c20-17(21)12-4-1-3-11(9-12)16-18-14-6-5-13(10-15(14)22-16)19-7-2-8-19/h1,3-6,9-10H,2,7-8H2,(H,20,21). The summed E-state index contributed by atoms with van der Waals surface area (Å²) in [6, 6.07) is 12.6. The molecule has 2 heterocycles. The van der Waals surface area contributed by atoms with Crippen molar-refractivity contribution in [1.82, 2.24) is 4.98 Å². The lowest BCUT2D eigenvalue weighted by atomic mass is 10.1. The van der Waals surface area contributed by atoms with Crippen LogP contribution >= 0.6 is 0 Å². The van der Waals surface area contributed by atoms with Gasteiger partial charge in [-0.15, -0.1) is 0 Å². The first-order valence-corrected chi connectivity index (χ1v) is 7.20. The van der Waals surface area contributed by atoms with Gasteiger partial charge in [-0.25, -0.2) is 9.78 Å². The van der Waals surface area contributed by atoms with Gasteiger partial charge in [0, 0.05) is 30.4 Å². The first-order valence-electron chi connectivity index (χ1n) is 7.20. The van der Waals surface area contributed by atoms with Gasteiger partial charge in [0.05, 0.1) is 5.56 Å². The number of rotatable bonds is 3. The number of hydrogen-bond acceptors (Lipinski definition) is 4. The van der Waals surface area contributed by atoms with E-state index in [-0.39, 0.29) is 5.56 Å². The molecular weight excluding hydrogens is 280 g/mol. The van der Waals surface area contributed by atoms with Gasteiger partial charge in [0.15, 0.2) is 5.58 Å². The highest BCUT2D eigenvalue weighted by molar-refractivity contribution is 5.89. The van der Waals surface area contributed by atoms with Crippen molar-refractivity contribution >= 4 is 22.8 Å². The van der Waals surface area contributed by atoms with Crippen molar-refractivity contribution in [1.29, 1.82) is 0 Å². The van der Waals surface area contributed by atoms with Gasteiger partial charge >= 0.3 is 5.97 Å². The van der Waals surface area contributed by atoms with Gasteiger partial charge in [0.1, 0.15) is 5.52 Å². The van der Waals surface area contributed by atoms with Crippen LogP contribution in [0.15, 0.2) is 46.9 Å². The fourth-order valence-corrected chi connectivity index (χ4v) is 2.59. The molecule has 0 spiro atoms. The zero-order chi connectivity index (χ0) is 15.1. The molecule has 0 saturated carbocycles. The van der Waals surface area contributed by atoms with Crippen molar-refractivity contribution in [3.05, 3.63) is 48.0 Å². The average molecular weight is 294 g/mol. The summed E-state index contributed by atoms with van der Waals surface area (Å²) >= 11 is 0. The van der Waals surface area contributed by atoms with Crippen molar-refractivity contribution in [2.45, 2.75) is 6.42 Å². The second-order valence-corrected chi connectivity index (χ2v) is 5.40. The van der Waals surface area contributed by atoms with Crippen molar-refractivity contribution in [2.24, 2.45) is 0 Å². The Morgan fingerprint density at radius 1 is 1.18 bits per heavy atom. The number of carbonyl (C=O) groups is 1. The van der Waals surface area contributed by atoms with E-state index in [1.165, 1.54) is 6.42 Å². The van der Waals surface area contributed by atoms with E-state index in [1.807, 2.05) is 18.2 Å². The molecule has 1 N–H and O–H groups in total. The zero-order valence-electron chi connectivity index (χ0n) is 11.8. The third kappa shape index (κ3) is 2.11. The highest BCUT2D eigenvalue weighted by Crippen LogP contribution is 2.29. The monoisotopic (exact) mass is 294 g/mol. The lowest BCUT2D eigenvalue weighted by Gasteiger charge is -2.32. The fraction of sp³-hybridized carbons (Fsp3) is 0.176. The van der Waals surface area contributed by atoms with E-state index < -0.39 is 5.97 Å². The largest absolute Gasteiger partial charge is 0.478 e. The van der Waals surface area contributed by atoms with Crippen molar-refractivity contribution in [3.8, 4) is 11.5 Å². The normalized spacial score (nSPS) is 14.1. The average Bonchev–Trinajstić information content (AvgIpc) is 2.89. The number of aromatic nitrogens is 1. The summed E-state index contributed by atoms with van der Waals surface area (Å²) < 4.78 is 5.82. The van der Waals surface area contributed by atoms with Crippen LogP contribution in [-0.2, 0) is 0 Å². The first-order chi connectivity index (χ1) is 10.7. The summed E-state index contributed by atoms with van der Waals surface area (Å²) in [7, 11) is 0. The molecule has 1 fully saturated rings. The number of fused-ring (bicyclic) bond motifs is 1. The van der Waals surface area contributed by atoms with Gasteiger partial charge in [-0.2, -0.15) is 0 Å². The van der Waals surface area contributed by atoms with Crippen LogP contribution in [-0.4, -0.2) is 29.1 Å². The SMILES string of the molecule is O=C(O)c1cccc(-c2nc3ccc(N4CCC4)cc3o2)c1. The van der Waals surface area contributed by atoms with E-state index in [0.717, 1.165) is 29.9 Å². The molecule has 2 aromatic carbocycles. The predicted molar refractivity (Wildman–Crippen MR) is 83.2 cm³/mol. The summed E-state index contributed by atoms with van der Waals surface area (Å²) in [6.07, 6.45) is 1.22. The molecule has 1 aromatic heterocycles. The molecule has 1 aliphatic heterocycles. The van der Waals surface area contributed by atoms with E-state index in [9.17, 15) is 4.79 Å². The highest BCUT2D eigenvalue weighted by atomic mass is 16.4. The molecule has 0 unspecified atom stereocenters. The minimum absolute atomic E-state index is 0.223. The Morgan fingerprint density at radius 2 is 2.05 bits per heavy atom. The first kappa shape index (κ1) is 12.9. The quantitative estimate of drug-likeness (QED) is 0.802. The molecule has 110 valence electrons. The molecule has 5 nitrogen and oxygen atoms in total. The van der Waals surface area contributed by atoms with Crippen molar-refractivity contribution in [3.63, 3.8) is 0 Å². The number of carboxylic acid groups (broad SMARTS) is 1. The molecule has 22 heavy (non-hydrogen) atoms. The third-order valence-electron chi connectivity index (χ3n) is 3.95. The van der Waals surface area contributed by atoms with Crippen LogP contribution in [0, 0.1) is 0 Å². The van der Waals surface area contributed by atoms with E-state index in [1.54, 1.807) is 24.3 Å². The van der Waals surface area contributed by atoms with Crippen molar-refractivity contribution < 1.29 is 14.3 Å². The van der Waals surface area contributed by atoms with Crippen LogP contribution in [0.4, 0.5) is 5.69 Å². The minimum atomic E-state index is -0.960. The second kappa shape index (κ2) is 4.87. The number of oxazole rings is 1. The summed E-state index contributed by atoms with van der Waals surface area (Å²) in [4.78, 5) is 17.8. The van der Waals surface area contributed by atoms with E-state index in [0.29, 0.717) is 11.5 Å². The summed E-state index contributed by atoms with van der Waals surface area (Å²) in [5.74, 6) is -0.517. The van der Waals surface area contributed by atoms with Gasteiger partial charge in [0.2, 0.25) is 5.89 Å². The molecule has 4 rings (SSSR count).